The van der Waals surface area contributed by atoms with Gasteiger partial charge in [-0.05, 0) is 37.3 Å². The van der Waals surface area contributed by atoms with Crippen LogP contribution < -0.4 is 14.8 Å². The van der Waals surface area contributed by atoms with Gasteiger partial charge in [0.05, 0.1) is 25.0 Å². The van der Waals surface area contributed by atoms with Gasteiger partial charge in [0.15, 0.2) is 6.61 Å². The molecule has 6 nitrogen and oxygen atoms in total. The Bertz CT molecular complexity index is 714. The Morgan fingerprint density at radius 1 is 1.04 bits per heavy atom. The molecular formula is C18H19NO5. The maximum Gasteiger partial charge on any atom is 0.337 e. The molecule has 1 N–H and O–H groups in total. The van der Waals surface area contributed by atoms with Crippen molar-refractivity contribution in [2.75, 3.05) is 25.6 Å². The van der Waals surface area contributed by atoms with Crippen LogP contribution in [-0.4, -0.2) is 32.2 Å². The molecule has 0 atom stereocenters. The first kappa shape index (κ1) is 17.3. The molecule has 6 heteroatoms. The summed E-state index contributed by atoms with van der Waals surface area (Å²) < 4.78 is 15.5. The van der Waals surface area contributed by atoms with Gasteiger partial charge in [-0.3, -0.25) is 4.79 Å². The second-order valence-corrected chi connectivity index (χ2v) is 4.79. The Balaban J connectivity index is 1.95. The van der Waals surface area contributed by atoms with E-state index in [9.17, 15) is 9.59 Å². The number of hydrogen-bond donors (Lipinski definition) is 1. The molecule has 2 aromatic rings. The zero-order valence-corrected chi connectivity index (χ0v) is 13.6. The number of amides is 1. The molecule has 0 saturated heterocycles. The summed E-state index contributed by atoms with van der Waals surface area (Å²) in [4.78, 5) is 23.5. The third-order valence-corrected chi connectivity index (χ3v) is 3.09. The molecule has 2 aromatic carbocycles. The Morgan fingerprint density at radius 2 is 1.83 bits per heavy atom. The van der Waals surface area contributed by atoms with E-state index in [0.717, 1.165) is 0 Å². The molecule has 0 aromatic heterocycles. The standard InChI is InChI=1S/C18H19NO5/c1-3-23-16-10-5-4-9-15(16)19-17(20)12-24-14-8-6-7-13(11-14)18(21)22-2/h4-11H,3,12H2,1-2H3,(H,19,20). The smallest absolute Gasteiger partial charge is 0.337 e. The Hall–Kier alpha value is -3.02. The SMILES string of the molecule is CCOc1ccccc1NC(=O)COc1cccc(C(=O)OC)c1. The summed E-state index contributed by atoms with van der Waals surface area (Å²) >= 11 is 0. The van der Waals surface area contributed by atoms with Gasteiger partial charge in [-0.25, -0.2) is 4.79 Å². The molecule has 0 spiro atoms. The summed E-state index contributed by atoms with van der Waals surface area (Å²) in [7, 11) is 1.30. The maximum atomic E-state index is 12.0. The number of carbonyl (C=O) groups is 2. The van der Waals surface area contributed by atoms with Crippen LogP contribution in [0.3, 0.4) is 0 Å². The van der Waals surface area contributed by atoms with Crippen molar-refractivity contribution in [3.8, 4) is 11.5 Å². The molecule has 0 fully saturated rings. The zero-order valence-electron chi connectivity index (χ0n) is 13.6. The number of hydrogen-bond acceptors (Lipinski definition) is 5. The van der Waals surface area contributed by atoms with Crippen LogP contribution in [0.15, 0.2) is 48.5 Å². The van der Waals surface area contributed by atoms with Gasteiger partial charge in [0.1, 0.15) is 11.5 Å². The minimum absolute atomic E-state index is 0.189. The first-order valence-electron chi connectivity index (χ1n) is 7.47. The monoisotopic (exact) mass is 329 g/mol. The summed E-state index contributed by atoms with van der Waals surface area (Å²) in [6.45, 7) is 2.19. The Morgan fingerprint density at radius 3 is 2.58 bits per heavy atom. The summed E-state index contributed by atoms with van der Waals surface area (Å²) in [6.07, 6.45) is 0. The first-order valence-corrected chi connectivity index (χ1v) is 7.47. The Kier molecular flexibility index (Phi) is 6.19. The van der Waals surface area contributed by atoms with E-state index in [-0.39, 0.29) is 12.5 Å². The second kappa shape index (κ2) is 8.57. The van der Waals surface area contributed by atoms with E-state index in [2.05, 4.69) is 10.1 Å². The highest BCUT2D eigenvalue weighted by Crippen LogP contribution is 2.23. The van der Waals surface area contributed by atoms with Gasteiger partial charge in [0.25, 0.3) is 5.91 Å². The number of benzene rings is 2. The van der Waals surface area contributed by atoms with Crippen molar-refractivity contribution in [3.63, 3.8) is 0 Å². The van der Waals surface area contributed by atoms with Crippen molar-refractivity contribution in [2.24, 2.45) is 0 Å². The molecule has 24 heavy (non-hydrogen) atoms. The average molecular weight is 329 g/mol. The number of carbonyl (C=O) groups excluding carboxylic acids is 2. The van der Waals surface area contributed by atoms with Gasteiger partial charge < -0.3 is 19.5 Å². The van der Waals surface area contributed by atoms with E-state index in [1.54, 1.807) is 36.4 Å². The highest BCUT2D eigenvalue weighted by molar-refractivity contribution is 5.93. The van der Waals surface area contributed by atoms with Crippen LogP contribution in [0, 0.1) is 0 Å². The van der Waals surface area contributed by atoms with E-state index in [1.165, 1.54) is 13.2 Å². The van der Waals surface area contributed by atoms with E-state index in [1.807, 2.05) is 13.0 Å². The molecule has 0 bridgehead atoms. The lowest BCUT2D eigenvalue weighted by atomic mass is 10.2. The highest BCUT2D eigenvalue weighted by Gasteiger charge is 2.10. The fraction of sp³-hybridized carbons (Fsp3) is 0.222. The molecule has 126 valence electrons. The van der Waals surface area contributed by atoms with Crippen molar-refractivity contribution >= 4 is 17.6 Å². The van der Waals surface area contributed by atoms with Crippen LogP contribution in [0.2, 0.25) is 0 Å². The lowest BCUT2D eigenvalue weighted by Gasteiger charge is -2.12. The van der Waals surface area contributed by atoms with Gasteiger partial charge >= 0.3 is 5.97 Å². The second-order valence-electron chi connectivity index (χ2n) is 4.79. The van der Waals surface area contributed by atoms with Gasteiger partial charge in [0.2, 0.25) is 0 Å². The first-order chi connectivity index (χ1) is 11.6. The number of rotatable bonds is 7. The van der Waals surface area contributed by atoms with Crippen LogP contribution in [-0.2, 0) is 9.53 Å². The number of methoxy groups -OCH3 is 1. The summed E-state index contributed by atoms with van der Waals surface area (Å²) in [6, 6.07) is 13.6. The van der Waals surface area contributed by atoms with Crippen molar-refractivity contribution in [3.05, 3.63) is 54.1 Å². The van der Waals surface area contributed by atoms with E-state index in [0.29, 0.717) is 29.4 Å². The Labute approximate surface area is 140 Å². The normalized spacial score (nSPS) is 9.92. The minimum atomic E-state index is -0.462. The number of ether oxygens (including phenoxy) is 3. The van der Waals surface area contributed by atoms with Gasteiger partial charge in [0, 0.05) is 0 Å². The molecule has 1 amide bonds. The van der Waals surface area contributed by atoms with Crippen molar-refractivity contribution in [2.45, 2.75) is 6.92 Å². The van der Waals surface area contributed by atoms with E-state index in [4.69, 9.17) is 9.47 Å². The summed E-state index contributed by atoms with van der Waals surface area (Å²) in [5.74, 6) is 0.216. The lowest BCUT2D eigenvalue weighted by molar-refractivity contribution is -0.118. The van der Waals surface area contributed by atoms with Crippen LogP contribution in [0.1, 0.15) is 17.3 Å². The van der Waals surface area contributed by atoms with Gasteiger partial charge in [-0.15, -0.1) is 0 Å². The van der Waals surface area contributed by atoms with Crippen LogP contribution in [0.5, 0.6) is 11.5 Å². The van der Waals surface area contributed by atoms with Crippen LogP contribution in [0.25, 0.3) is 0 Å². The van der Waals surface area contributed by atoms with Crippen LogP contribution >= 0.6 is 0 Å². The number of para-hydroxylation sites is 2. The predicted molar refractivity (Wildman–Crippen MR) is 89.5 cm³/mol. The fourth-order valence-corrected chi connectivity index (χ4v) is 2.02. The third kappa shape index (κ3) is 4.74. The zero-order chi connectivity index (χ0) is 17.4. The minimum Gasteiger partial charge on any atom is -0.492 e. The molecular weight excluding hydrogens is 310 g/mol. The van der Waals surface area contributed by atoms with Crippen molar-refractivity contribution in [1.82, 2.24) is 0 Å². The fourth-order valence-electron chi connectivity index (χ4n) is 2.02. The van der Waals surface area contributed by atoms with Crippen molar-refractivity contribution in [1.29, 1.82) is 0 Å². The van der Waals surface area contributed by atoms with Gasteiger partial charge in [-0.1, -0.05) is 18.2 Å². The molecule has 0 aliphatic heterocycles. The number of esters is 1. The van der Waals surface area contributed by atoms with Crippen molar-refractivity contribution < 1.29 is 23.8 Å². The molecule has 0 saturated carbocycles. The average Bonchev–Trinajstić information content (AvgIpc) is 2.61. The maximum absolute atomic E-state index is 12.0. The largest absolute Gasteiger partial charge is 0.492 e. The molecule has 2 rings (SSSR count). The number of nitrogens with one attached hydrogen (secondary N) is 1. The van der Waals surface area contributed by atoms with E-state index < -0.39 is 5.97 Å². The molecule has 0 heterocycles. The summed E-state index contributed by atoms with van der Waals surface area (Å²) in [5, 5.41) is 2.73. The van der Waals surface area contributed by atoms with Crippen LogP contribution in [0.4, 0.5) is 5.69 Å². The van der Waals surface area contributed by atoms with Gasteiger partial charge in [-0.2, -0.15) is 0 Å². The summed E-state index contributed by atoms with van der Waals surface area (Å²) in [5.41, 5.74) is 0.938. The molecule has 0 unspecified atom stereocenters. The molecule has 0 radical (unpaired) electrons. The topological polar surface area (TPSA) is 73.9 Å². The molecule has 0 aliphatic rings. The number of anilines is 1. The highest BCUT2D eigenvalue weighted by atomic mass is 16.5. The predicted octanol–water partition coefficient (Wildman–Crippen LogP) is 2.89. The molecule has 0 aliphatic carbocycles. The van der Waals surface area contributed by atoms with E-state index >= 15 is 0 Å². The third-order valence-electron chi connectivity index (χ3n) is 3.09. The quantitative estimate of drug-likeness (QED) is 0.791. The lowest BCUT2D eigenvalue weighted by Crippen LogP contribution is -2.20.